The van der Waals surface area contributed by atoms with Gasteiger partial charge in [0, 0.05) is 12.1 Å². The topological polar surface area (TPSA) is 6.48 Å². The van der Waals surface area contributed by atoms with E-state index in [1.165, 1.54) is 38.9 Å². The molecule has 14 heavy (non-hydrogen) atoms. The minimum atomic E-state index is 0.681. The van der Waals surface area contributed by atoms with Crippen molar-refractivity contribution in [2.45, 2.75) is 52.1 Å². The summed E-state index contributed by atoms with van der Waals surface area (Å²) in [6.07, 6.45) is 4.13. The Morgan fingerprint density at radius 2 is 1.71 bits per heavy atom. The van der Waals surface area contributed by atoms with Crippen LogP contribution in [0.1, 0.15) is 40.0 Å². The molecule has 0 amide bonds. The molecule has 0 N–H and O–H groups in total. The Bertz CT molecular complexity index is 150. The van der Waals surface area contributed by atoms with E-state index in [4.69, 9.17) is 0 Å². The van der Waals surface area contributed by atoms with E-state index in [1.807, 2.05) is 0 Å². The molecule has 0 aromatic rings. The molecule has 0 radical (unpaired) electrons. The summed E-state index contributed by atoms with van der Waals surface area (Å²) in [5.74, 6) is 0. The van der Waals surface area contributed by atoms with Gasteiger partial charge in [0.05, 0.1) is 0 Å². The van der Waals surface area contributed by atoms with Gasteiger partial charge in [0.15, 0.2) is 0 Å². The molecule has 0 aliphatic carbocycles. The van der Waals surface area contributed by atoms with Crippen LogP contribution in [0.2, 0.25) is 0 Å². The van der Waals surface area contributed by atoms with E-state index in [2.05, 4.69) is 37.6 Å². The summed E-state index contributed by atoms with van der Waals surface area (Å²) in [5.41, 5.74) is 0. The van der Waals surface area contributed by atoms with Crippen LogP contribution < -0.4 is 0 Å². The van der Waals surface area contributed by atoms with Crippen LogP contribution in [-0.4, -0.2) is 48.6 Å². The fourth-order valence-electron chi connectivity index (χ4n) is 2.01. The molecule has 0 saturated carbocycles. The van der Waals surface area contributed by atoms with Crippen molar-refractivity contribution in [1.82, 2.24) is 9.80 Å². The third-order valence-corrected chi connectivity index (χ3v) is 3.55. The zero-order valence-corrected chi connectivity index (χ0v) is 10.3. The highest BCUT2D eigenvalue weighted by Gasteiger charge is 2.18. The maximum atomic E-state index is 2.63. The van der Waals surface area contributed by atoms with Crippen LogP contribution in [0.25, 0.3) is 0 Å². The molecule has 1 saturated heterocycles. The highest BCUT2D eigenvalue weighted by Crippen LogP contribution is 2.14. The fraction of sp³-hybridized carbons (Fsp3) is 1.00. The normalized spacial score (nSPS) is 21.0. The Balaban J connectivity index is 2.16. The quantitative estimate of drug-likeness (QED) is 0.668. The summed E-state index contributed by atoms with van der Waals surface area (Å²) in [6, 6.07) is 1.46. The van der Waals surface area contributed by atoms with Gasteiger partial charge in [0.2, 0.25) is 0 Å². The molecule has 1 heterocycles. The number of nitrogens with zero attached hydrogens (tertiary/aromatic N) is 2. The summed E-state index contributed by atoms with van der Waals surface area (Å²) in [6.45, 7) is 10.8. The van der Waals surface area contributed by atoms with E-state index in [1.54, 1.807) is 0 Å². The van der Waals surface area contributed by atoms with Crippen LogP contribution in [0.3, 0.4) is 0 Å². The third-order valence-electron chi connectivity index (χ3n) is 3.55. The largest absolute Gasteiger partial charge is 0.304 e. The summed E-state index contributed by atoms with van der Waals surface area (Å²) in [4.78, 5) is 5.07. The Hall–Kier alpha value is -0.0800. The second-order valence-corrected chi connectivity index (χ2v) is 4.96. The molecule has 2 nitrogen and oxygen atoms in total. The number of hydrogen-bond donors (Lipinski definition) is 0. The zero-order valence-electron chi connectivity index (χ0n) is 10.3. The highest BCUT2D eigenvalue weighted by molar-refractivity contribution is 4.74. The van der Waals surface area contributed by atoms with Crippen LogP contribution >= 0.6 is 0 Å². The van der Waals surface area contributed by atoms with Gasteiger partial charge < -0.3 is 9.80 Å². The van der Waals surface area contributed by atoms with Gasteiger partial charge in [-0.2, -0.15) is 0 Å². The minimum absolute atomic E-state index is 0.681. The maximum absolute atomic E-state index is 2.63. The van der Waals surface area contributed by atoms with Crippen LogP contribution in [0.15, 0.2) is 0 Å². The molecule has 2 heteroatoms. The first-order chi connectivity index (χ1) is 6.61. The van der Waals surface area contributed by atoms with Crippen LogP contribution in [0.5, 0.6) is 0 Å². The fourth-order valence-corrected chi connectivity index (χ4v) is 2.01. The van der Waals surface area contributed by atoms with Crippen molar-refractivity contribution in [3.8, 4) is 0 Å². The molecule has 1 unspecified atom stereocenters. The summed E-state index contributed by atoms with van der Waals surface area (Å²) in [5, 5.41) is 0. The van der Waals surface area contributed by atoms with E-state index < -0.39 is 0 Å². The van der Waals surface area contributed by atoms with Gasteiger partial charge in [-0.3, -0.25) is 0 Å². The van der Waals surface area contributed by atoms with Gasteiger partial charge >= 0.3 is 0 Å². The Kier molecular flexibility index (Phi) is 4.90. The standard InChI is InChI=1S/C12H26N2/c1-11(2)13(4)10-7-12(3)14-8-5-6-9-14/h11-12H,5-10H2,1-4H3. The lowest BCUT2D eigenvalue weighted by Gasteiger charge is -2.27. The van der Waals surface area contributed by atoms with Gasteiger partial charge in [-0.15, -0.1) is 0 Å². The predicted molar refractivity (Wildman–Crippen MR) is 62.7 cm³/mol. The number of likely N-dealkylation sites (tertiary alicyclic amines) is 1. The first-order valence-electron chi connectivity index (χ1n) is 6.05. The van der Waals surface area contributed by atoms with Gasteiger partial charge in [-0.1, -0.05) is 0 Å². The van der Waals surface area contributed by atoms with Gasteiger partial charge in [-0.05, 0) is 66.7 Å². The van der Waals surface area contributed by atoms with Crippen molar-refractivity contribution in [3.63, 3.8) is 0 Å². The Morgan fingerprint density at radius 1 is 1.14 bits per heavy atom. The predicted octanol–water partition coefficient (Wildman–Crippen LogP) is 2.20. The lowest BCUT2D eigenvalue weighted by molar-refractivity contribution is 0.201. The minimum Gasteiger partial charge on any atom is -0.304 e. The Morgan fingerprint density at radius 3 is 2.21 bits per heavy atom. The average Bonchev–Trinajstić information content (AvgIpc) is 2.66. The summed E-state index contributed by atoms with van der Waals surface area (Å²) in [7, 11) is 2.22. The van der Waals surface area contributed by atoms with Crippen LogP contribution in [0, 0.1) is 0 Å². The lowest BCUT2D eigenvalue weighted by Crippen LogP contribution is -2.35. The van der Waals surface area contributed by atoms with Crippen molar-refractivity contribution < 1.29 is 0 Å². The summed E-state index contributed by atoms with van der Waals surface area (Å²) >= 11 is 0. The zero-order chi connectivity index (χ0) is 10.6. The molecule has 1 fully saturated rings. The second-order valence-electron chi connectivity index (χ2n) is 4.96. The van der Waals surface area contributed by atoms with Crippen molar-refractivity contribution in [1.29, 1.82) is 0 Å². The highest BCUT2D eigenvalue weighted by atomic mass is 15.2. The van der Waals surface area contributed by atoms with E-state index >= 15 is 0 Å². The third kappa shape index (κ3) is 3.58. The van der Waals surface area contributed by atoms with Crippen molar-refractivity contribution in [3.05, 3.63) is 0 Å². The lowest BCUT2D eigenvalue weighted by atomic mass is 10.2. The molecule has 1 atom stereocenters. The maximum Gasteiger partial charge on any atom is 0.00791 e. The van der Waals surface area contributed by atoms with E-state index in [0.29, 0.717) is 6.04 Å². The van der Waals surface area contributed by atoms with Gasteiger partial charge in [0.1, 0.15) is 0 Å². The monoisotopic (exact) mass is 198 g/mol. The molecular weight excluding hydrogens is 172 g/mol. The molecule has 0 aromatic carbocycles. The Labute approximate surface area is 89.3 Å². The van der Waals surface area contributed by atoms with E-state index in [0.717, 1.165) is 6.04 Å². The molecule has 84 valence electrons. The number of rotatable bonds is 5. The van der Waals surface area contributed by atoms with Crippen molar-refractivity contribution in [2.75, 3.05) is 26.7 Å². The first-order valence-corrected chi connectivity index (χ1v) is 6.05. The van der Waals surface area contributed by atoms with Crippen molar-refractivity contribution >= 4 is 0 Å². The van der Waals surface area contributed by atoms with E-state index in [-0.39, 0.29) is 0 Å². The molecule has 0 bridgehead atoms. The molecule has 0 spiro atoms. The summed E-state index contributed by atoms with van der Waals surface area (Å²) < 4.78 is 0. The molecule has 1 aliphatic rings. The van der Waals surface area contributed by atoms with Gasteiger partial charge in [-0.25, -0.2) is 0 Å². The number of hydrogen-bond acceptors (Lipinski definition) is 2. The SMILES string of the molecule is CC(C)N(C)CCC(C)N1CCCC1. The average molecular weight is 198 g/mol. The van der Waals surface area contributed by atoms with Crippen LogP contribution in [-0.2, 0) is 0 Å². The van der Waals surface area contributed by atoms with E-state index in [9.17, 15) is 0 Å². The smallest absolute Gasteiger partial charge is 0.00791 e. The van der Waals surface area contributed by atoms with Gasteiger partial charge in [0.25, 0.3) is 0 Å². The molecule has 0 aromatic heterocycles. The molecular formula is C12H26N2. The second kappa shape index (κ2) is 5.72. The van der Waals surface area contributed by atoms with Crippen LogP contribution in [0.4, 0.5) is 0 Å². The molecule has 1 rings (SSSR count). The first kappa shape index (κ1) is 12.0. The molecule has 1 aliphatic heterocycles. The van der Waals surface area contributed by atoms with Crippen molar-refractivity contribution in [2.24, 2.45) is 0 Å².